The van der Waals surface area contributed by atoms with Crippen molar-refractivity contribution in [1.82, 2.24) is 14.8 Å². The van der Waals surface area contributed by atoms with Crippen LogP contribution in [0.2, 0.25) is 0 Å². The van der Waals surface area contributed by atoms with Gasteiger partial charge in [0, 0.05) is 22.1 Å². The first-order chi connectivity index (χ1) is 11.6. The maximum absolute atomic E-state index is 12.5. The molecule has 0 saturated heterocycles. The number of hydrogen-bond donors (Lipinski definition) is 1. The molecule has 126 valence electrons. The van der Waals surface area contributed by atoms with Crippen molar-refractivity contribution in [3.8, 4) is 0 Å². The Labute approximate surface area is 153 Å². The van der Waals surface area contributed by atoms with E-state index in [1.54, 1.807) is 0 Å². The molecule has 0 radical (unpaired) electrons. The van der Waals surface area contributed by atoms with Crippen molar-refractivity contribution in [2.75, 3.05) is 5.32 Å². The monoisotopic (exact) mass is 406 g/mol. The van der Waals surface area contributed by atoms with E-state index >= 15 is 0 Å². The lowest BCUT2D eigenvalue weighted by atomic mass is 10.3. The third-order valence-electron chi connectivity index (χ3n) is 4.31. The third kappa shape index (κ3) is 3.52. The molecule has 7 heteroatoms. The summed E-state index contributed by atoms with van der Waals surface area (Å²) in [6.45, 7) is 1.92. The van der Waals surface area contributed by atoms with Gasteiger partial charge in [-0.05, 0) is 56.9 Å². The normalized spacial score (nSPS) is 18.4. The van der Waals surface area contributed by atoms with Crippen LogP contribution < -0.4 is 5.32 Å². The Morgan fingerprint density at radius 3 is 2.58 bits per heavy atom. The van der Waals surface area contributed by atoms with Gasteiger partial charge in [-0.1, -0.05) is 27.7 Å². The fourth-order valence-electron chi connectivity index (χ4n) is 2.65. The Morgan fingerprint density at radius 2 is 1.96 bits per heavy atom. The van der Waals surface area contributed by atoms with Crippen molar-refractivity contribution in [1.29, 1.82) is 0 Å². The summed E-state index contributed by atoms with van der Waals surface area (Å²) >= 11 is 4.90. The molecular formula is C17H19BrN4OS. The molecule has 2 aliphatic carbocycles. The van der Waals surface area contributed by atoms with Gasteiger partial charge in [0.25, 0.3) is 0 Å². The molecule has 0 aliphatic heterocycles. The molecule has 1 aromatic heterocycles. The molecule has 2 fully saturated rings. The number of rotatable bonds is 6. The molecule has 1 heterocycles. The quantitative estimate of drug-likeness (QED) is 0.723. The van der Waals surface area contributed by atoms with Crippen molar-refractivity contribution < 1.29 is 4.79 Å². The van der Waals surface area contributed by atoms with E-state index < -0.39 is 0 Å². The highest BCUT2D eigenvalue weighted by molar-refractivity contribution is 9.10. The fraction of sp³-hybridized carbons (Fsp3) is 0.471. The second kappa shape index (κ2) is 6.52. The van der Waals surface area contributed by atoms with Crippen LogP contribution in [0.15, 0.2) is 33.9 Å². The molecule has 4 rings (SSSR count). The maximum Gasteiger partial charge on any atom is 0.237 e. The van der Waals surface area contributed by atoms with Crippen molar-refractivity contribution >= 4 is 39.3 Å². The van der Waals surface area contributed by atoms with E-state index in [9.17, 15) is 4.79 Å². The summed E-state index contributed by atoms with van der Waals surface area (Å²) in [6, 6.07) is 8.15. The van der Waals surface area contributed by atoms with Crippen LogP contribution in [0.5, 0.6) is 0 Å². The number of aromatic nitrogens is 3. The van der Waals surface area contributed by atoms with Crippen molar-refractivity contribution in [3.63, 3.8) is 0 Å². The van der Waals surface area contributed by atoms with Gasteiger partial charge in [-0.25, -0.2) is 0 Å². The first kappa shape index (κ1) is 16.1. The Bertz CT molecular complexity index is 752. The number of nitrogens with one attached hydrogen (secondary N) is 1. The molecule has 1 N–H and O–H groups in total. The predicted octanol–water partition coefficient (Wildman–Crippen LogP) is 4.37. The van der Waals surface area contributed by atoms with Gasteiger partial charge in [-0.15, -0.1) is 10.2 Å². The van der Waals surface area contributed by atoms with E-state index in [1.165, 1.54) is 37.4 Å². The van der Waals surface area contributed by atoms with Gasteiger partial charge in [-0.3, -0.25) is 4.79 Å². The van der Waals surface area contributed by atoms with E-state index in [1.807, 2.05) is 31.2 Å². The first-order valence-corrected chi connectivity index (χ1v) is 9.97. The molecule has 5 nitrogen and oxygen atoms in total. The zero-order valence-corrected chi connectivity index (χ0v) is 15.8. The molecule has 0 bridgehead atoms. The van der Waals surface area contributed by atoms with Crippen LogP contribution in [0.25, 0.3) is 0 Å². The van der Waals surface area contributed by atoms with E-state index in [0.717, 1.165) is 21.1 Å². The average Bonchev–Trinajstić information content (AvgIpc) is 3.49. The summed E-state index contributed by atoms with van der Waals surface area (Å²) in [7, 11) is 0. The number of hydrogen-bond acceptors (Lipinski definition) is 4. The first-order valence-electron chi connectivity index (χ1n) is 8.29. The van der Waals surface area contributed by atoms with Crippen LogP contribution in [0.3, 0.4) is 0 Å². The summed E-state index contributed by atoms with van der Waals surface area (Å²) < 4.78 is 3.28. The molecule has 1 amide bonds. The molecule has 2 aromatic rings. The number of nitrogens with zero attached hydrogens (tertiary/aromatic N) is 3. The summed E-state index contributed by atoms with van der Waals surface area (Å²) in [5.41, 5.74) is 0.804. The van der Waals surface area contributed by atoms with Gasteiger partial charge in [0.2, 0.25) is 5.91 Å². The Balaban J connectivity index is 1.44. The van der Waals surface area contributed by atoms with Crippen molar-refractivity contribution in [2.24, 2.45) is 0 Å². The van der Waals surface area contributed by atoms with E-state index in [0.29, 0.717) is 12.0 Å². The predicted molar refractivity (Wildman–Crippen MR) is 98.4 cm³/mol. The molecule has 2 saturated carbocycles. The molecule has 2 aliphatic rings. The molecule has 24 heavy (non-hydrogen) atoms. The lowest BCUT2D eigenvalue weighted by molar-refractivity contribution is -0.115. The highest BCUT2D eigenvalue weighted by Crippen LogP contribution is 2.46. The van der Waals surface area contributed by atoms with Crippen molar-refractivity contribution in [2.45, 2.75) is 55.0 Å². The van der Waals surface area contributed by atoms with Gasteiger partial charge < -0.3 is 9.88 Å². The highest BCUT2D eigenvalue weighted by Gasteiger charge is 2.37. The number of carbonyl (C=O) groups is 1. The highest BCUT2D eigenvalue weighted by atomic mass is 79.9. The lowest BCUT2D eigenvalue weighted by Gasteiger charge is -2.13. The molecule has 0 spiro atoms. The minimum absolute atomic E-state index is 0.0133. The maximum atomic E-state index is 12.5. The van der Waals surface area contributed by atoms with E-state index in [2.05, 4.69) is 36.0 Å². The SMILES string of the molecule is C[C@@H](Sc1nnc(C2CC2)n1C1CC1)C(=O)Nc1ccc(Br)cc1. The number of thioether (sulfide) groups is 1. The van der Waals surface area contributed by atoms with Crippen LogP contribution in [-0.4, -0.2) is 25.9 Å². The van der Waals surface area contributed by atoms with Gasteiger partial charge in [0.1, 0.15) is 5.82 Å². The number of halogens is 1. The number of carbonyl (C=O) groups excluding carboxylic acids is 1. The van der Waals surface area contributed by atoms with E-state index in [4.69, 9.17) is 0 Å². The molecule has 0 unspecified atom stereocenters. The van der Waals surface area contributed by atoms with Gasteiger partial charge in [-0.2, -0.15) is 0 Å². The van der Waals surface area contributed by atoms with Gasteiger partial charge >= 0.3 is 0 Å². The smallest absolute Gasteiger partial charge is 0.237 e. The van der Waals surface area contributed by atoms with Crippen LogP contribution >= 0.6 is 27.7 Å². The number of anilines is 1. The minimum Gasteiger partial charge on any atom is -0.325 e. The van der Waals surface area contributed by atoms with Gasteiger partial charge in [0.15, 0.2) is 5.16 Å². The lowest BCUT2D eigenvalue weighted by Crippen LogP contribution is -2.23. The second-order valence-corrected chi connectivity index (χ2v) is 8.70. The Kier molecular flexibility index (Phi) is 4.39. The number of amides is 1. The van der Waals surface area contributed by atoms with Crippen LogP contribution in [0, 0.1) is 0 Å². The van der Waals surface area contributed by atoms with Crippen LogP contribution in [0.4, 0.5) is 5.69 Å². The Morgan fingerprint density at radius 1 is 1.25 bits per heavy atom. The Hall–Kier alpha value is -1.34. The largest absolute Gasteiger partial charge is 0.325 e. The summed E-state index contributed by atoms with van der Waals surface area (Å²) in [5.74, 6) is 1.69. The molecule has 1 aromatic carbocycles. The number of benzene rings is 1. The second-order valence-electron chi connectivity index (χ2n) is 6.47. The topological polar surface area (TPSA) is 59.8 Å². The van der Waals surface area contributed by atoms with Crippen LogP contribution in [-0.2, 0) is 4.79 Å². The van der Waals surface area contributed by atoms with Crippen LogP contribution in [0.1, 0.15) is 50.4 Å². The summed E-state index contributed by atoms with van der Waals surface area (Å²) in [5, 5.41) is 12.4. The zero-order valence-electron chi connectivity index (χ0n) is 13.4. The van der Waals surface area contributed by atoms with Gasteiger partial charge in [0.05, 0.1) is 5.25 Å². The minimum atomic E-state index is -0.220. The molecule has 1 atom stereocenters. The van der Waals surface area contributed by atoms with Crippen molar-refractivity contribution in [3.05, 3.63) is 34.6 Å². The summed E-state index contributed by atoms with van der Waals surface area (Å²) in [6.07, 6.45) is 4.83. The zero-order chi connectivity index (χ0) is 16.7. The standard InChI is InChI=1S/C17H19BrN4OS/c1-10(16(23)19-13-6-4-12(18)5-7-13)24-17-21-20-15(11-2-3-11)22(17)14-8-9-14/h4-7,10-11,14H,2-3,8-9H2,1H3,(H,19,23)/t10-/m1/s1. The summed E-state index contributed by atoms with van der Waals surface area (Å²) in [4.78, 5) is 12.5. The third-order valence-corrected chi connectivity index (χ3v) is 5.89. The molecular weight excluding hydrogens is 388 g/mol. The fourth-order valence-corrected chi connectivity index (χ4v) is 3.84. The van der Waals surface area contributed by atoms with E-state index in [-0.39, 0.29) is 11.2 Å². The average molecular weight is 407 g/mol.